The van der Waals surface area contributed by atoms with Gasteiger partial charge in [-0.25, -0.2) is 9.89 Å². The summed E-state index contributed by atoms with van der Waals surface area (Å²) >= 11 is 2.89. The number of unbranched alkanes of at least 4 members (excludes halogenated alkanes) is 1. The van der Waals surface area contributed by atoms with Gasteiger partial charge in [0.25, 0.3) is 0 Å². The number of aromatic nitrogens is 3. The highest BCUT2D eigenvalue weighted by atomic mass is 32.2. The molecule has 0 fully saturated rings. The second kappa shape index (κ2) is 9.57. The molecule has 3 rings (SSSR count). The van der Waals surface area contributed by atoms with Gasteiger partial charge in [-0.05, 0) is 23.4 Å². The summed E-state index contributed by atoms with van der Waals surface area (Å²) in [7, 11) is 0. The van der Waals surface area contributed by atoms with E-state index < -0.39 is 0 Å². The molecule has 0 saturated heterocycles. The van der Waals surface area contributed by atoms with Crippen LogP contribution in [-0.2, 0) is 11.3 Å². The molecule has 0 aliphatic carbocycles. The zero-order valence-electron chi connectivity index (χ0n) is 15.1. The van der Waals surface area contributed by atoms with E-state index in [0.717, 1.165) is 23.3 Å². The molecule has 0 bridgehead atoms. The normalized spacial score (nSPS) is 12.0. The summed E-state index contributed by atoms with van der Waals surface area (Å²) in [5.41, 5.74) is 0.810. The van der Waals surface area contributed by atoms with Crippen LogP contribution in [0.15, 0.2) is 57.8 Å². The third-order valence-corrected chi connectivity index (χ3v) is 5.97. The number of rotatable bonds is 9. The highest BCUT2D eigenvalue weighted by molar-refractivity contribution is 7.99. The molecule has 3 aromatic rings. The Morgan fingerprint density at radius 1 is 1.30 bits per heavy atom. The lowest BCUT2D eigenvalue weighted by molar-refractivity contribution is -0.119. The van der Waals surface area contributed by atoms with Crippen molar-refractivity contribution in [2.75, 3.05) is 5.75 Å². The van der Waals surface area contributed by atoms with E-state index in [1.165, 1.54) is 11.8 Å². The first kappa shape index (κ1) is 19.4. The van der Waals surface area contributed by atoms with Crippen LogP contribution in [0, 0.1) is 0 Å². The van der Waals surface area contributed by atoms with Gasteiger partial charge in [0.05, 0.1) is 11.8 Å². The van der Waals surface area contributed by atoms with Gasteiger partial charge >= 0.3 is 5.69 Å². The van der Waals surface area contributed by atoms with Crippen LogP contribution in [0.5, 0.6) is 0 Å². The van der Waals surface area contributed by atoms with Crippen molar-refractivity contribution in [3.63, 3.8) is 0 Å². The minimum Gasteiger partial charge on any atom is -0.344 e. The number of nitrogens with one attached hydrogen (secondary N) is 2. The summed E-state index contributed by atoms with van der Waals surface area (Å²) in [6.07, 6.45) is 1.88. The predicted octanol–water partition coefficient (Wildman–Crippen LogP) is 3.43. The first-order valence-corrected chi connectivity index (χ1v) is 10.7. The number of carbonyl (C=O) groups is 1. The van der Waals surface area contributed by atoms with Crippen LogP contribution >= 0.6 is 23.1 Å². The predicted molar refractivity (Wildman–Crippen MR) is 109 cm³/mol. The second-order valence-corrected chi connectivity index (χ2v) is 7.95. The number of hydrogen-bond donors (Lipinski definition) is 2. The lowest BCUT2D eigenvalue weighted by atomic mass is 10.1. The largest absolute Gasteiger partial charge is 0.344 e. The number of benzene rings is 1. The van der Waals surface area contributed by atoms with Gasteiger partial charge in [-0.3, -0.25) is 9.36 Å². The molecule has 1 atom stereocenters. The SMILES string of the molecule is CCCCn1c(SCC(=O)N[C@H](c2ccccc2)c2cccs2)n[nH]c1=O. The summed E-state index contributed by atoms with van der Waals surface area (Å²) in [6.45, 7) is 2.68. The Morgan fingerprint density at radius 2 is 2.11 bits per heavy atom. The van der Waals surface area contributed by atoms with Crippen LogP contribution in [-0.4, -0.2) is 26.4 Å². The molecule has 142 valence electrons. The van der Waals surface area contributed by atoms with Gasteiger partial charge in [-0.15, -0.1) is 16.4 Å². The molecule has 0 aliphatic rings. The van der Waals surface area contributed by atoms with E-state index in [2.05, 4.69) is 22.4 Å². The molecule has 0 unspecified atom stereocenters. The molecule has 1 aromatic carbocycles. The third-order valence-electron chi connectivity index (χ3n) is 4.06. The number of aromatic amines is 1. The average molecular weight is 403 g/mol. The Bertz CT molecular complexity index is 903. The minimum atomic E-state index is -0.230. The zero-order valence-corrected chi connectivity index (χ0v) is 16.7. The molecule has 8 heteroatoms. The molecule has 2 N–H and O–H groups in total. The molecule has 0 spiro atoms. The fraction of sp³-hybridized carbons (Fsp3) is 0.316. The van der Waals surface area contributed by atoms with Gasteiger partial charge in [-0.2, -0.15) is 0 Å². The number of amides is 1. The monoisotopic (exact) mass is 402 g/mol. The van der Waals surface area contributed by atoms with Gasteiger partial charge in [0, 0.05) is 11.4 Å². The van der Waals surface area contributed by atoms with Gasteiger partial charge in [0.1, 0.15) is 0 Å². The Kier molecular flexibility index (Phi) is 6.89. The quantitative estimate of drug-likeness (QED) is 0.538. The van der Waals surface area contributed by atoms with Crippen molar-refractivity contribution in [1.82, 2.24) is 20.1 Å². The molecule has 0 radical (unpaired) electrons. The molecule has 0 saturated carbocycles. The number of H-pyrrole nitrogens is 1. The highest BCUT2D eigenvalue weighted by Crippen LogP contribution is 2.26. The van der Waals surface area contributed by atoms with Crippen LogP contribution in [0.1, 0.15) is 36.2 Å². The maximum absolute atomic E-state index is 12.6. The lowest BCUT2D eigenvalue weighted by Gasteiger charge is -2.18. The van der Waals surface area contributed by atoms with E-state index in [9.17, 15) is 9.59 Å². The highest BCUT2D eigenvalue weighted by Gasteiger charge is 2.18. The van der Waals surface area contributed by atoms with Crippen molar-refractivity contribution in [2.45, 2.75) is 37.5 Å². The summed E-state index contributed by atoms with van der Waals surface area (Å²) in [4.78, 5) is 25.5. The number of carbonyl (C=O) groups excluding carboxylic acids is 1. The molecule has 2 aromatic heterocycles. The molecule has 1 amide bonds. The van der Waals surface area contributed by atoms with E-state index in [1.54, 1.807) is 15.9 Å². The maximum atomic E-state index is 12.6. The minimum absolute atomic E-state index is 0.0975. The fourth-order valence-electron chi connectivity index (χ4n) is 2.68. The van der Waals surface area contributed by atoms with E-state index in [4.69, 9.17) is 0 Å². The van der Waals surface area contributed by atoms with E-state index >= 15 is 0 Å². The second-order valence-electron chi connectivity index (χ2n) is 6.03. The van der Waals surface area contributed by atoms with E-state index in [-0.39, 0.29) is 23.4 Å². The zero-order chi connectivity index (χ0) is 19.1. The Labute approximate surface area is 166 Å². The standard InChI is InChI=1S/C19H22N4O2S2/c1-2-3-11-23-18(25)21-22-19(23)27-13-16(24)20-17(15-10-7-12-26-15)14-8-5-4-6-9-14/h4-10,12,17H,2-3,11,13H2,1H3,(H,20,24)(H,21,25)/t17-/m1/s1. The molecule has 6 nitrogen and oxygen atoms in total. The molecule has 0 aliphatic heterocycles. The van der Waals surface area contributed by atoms with Crippen LogP contribution in [0.3, 0.4) is 0 Å². The summed E-state index contributed by atoms with van der Waals surface area (Å²) in [5, 5.41) is 12.2. The Hall–Kier alpha value is -2.32. The Balaban J connectivity index is 1.66. The first-order chi connectivity index (χ1) is 13.2. The summed E-state index contributed by atoms with van der Waals surface area (Å²) < 4.78 is 1.59. The van der Waals surface area contributed by atoms with Crippen molar-refractivity contribution in [1.29, 1.82) is 0 Å². The van der Waals surface area contributed by atoms with Crippen molar-refractivity contribution in [3.8, 4) is 0 Å². The Morgan fingerprint density at radius 3 is 2.81 bits per heavy atom. The van der Waals surface area contributed by atoms with Crippen LogP contribution < -0.4 is 11.0 Å². The number of hydrogen-bond acceptors (Lipinski definition) is 5. The van der Waals surface area contributed by atoms with Gasteiger partial charge in [0.15, 0.2) is 5.16 Å². The summed E-state index contributed by atoms with van der Waals surface area (Å²) in [6, 6.07) is 13.7. The van der Waals surface area contributed by atoms with Crippen LogP contribution in [0.4, 0.5) is 0 Å². The molecule has 27 heavy (non-hydrogen) atoms. The van der Waals surface area contributed by atoms with Crippen molar-refractivity contribution < 1.29 is 4.79 Å². The average Bonchev–Trinajstić information content (AvgIpc) is 3.34. The van der Waals surface area contributed by atoms with Crippen LogP contribution in [0.2, 0.25) is 0 Å². The molecular formula is C19H22N4O2S2. The van der Waals surface area contributed by atoms with Crippen LogP contribution in [0.25, 0.3) is 0 Å². The van der Waals surface area contributed by atoms with Crippen molar-refractivity contribution in [3.05, 3.63) is 68.8 Å². The van der Waals surface area contributed by atoms with E-state index in [1.807, 2.05) is 47.8 Å². The topological polar surface area (TPSA) is 79.8 Å². The molecule has 2 heterocycles. The van der Waals surface area contributed by atoms with Crippen molar-refractivity contribution >= 4 is 29.0 Å². The smallest absolute Gasteiger partial charge is 0.343 e. The fourth-order valence-corrected chi connectivity index (χ4v) is 4.27. The summed E-state index contributed by atoms with van der Waals surface area (Å²) in [5.74, 6) is 0.102. The molecular weight excluding hydrogens is 380 g/mol. The van der Waals surface area contributed by atoms with Gasteiger partial charge < -0.3 is 5.32 Å². The third kappa shape index (κ3) is 5.11. The number of nitrogens with zero attached hydrogens (tertiary/aromatic N) is 2. The van der Waals surface area contributed by atoms with Gasteiger partial charge in [-0.1, -0.05) is 61.5 Å². The van der Waals surface area contributed by atoms with E-state index in [0.29, 0.717) is 11.7 Å². The maximum Gasteiger partial charge on any atom is 0.343 e. The number of thioether (sulfide) groups is 1. The first-order valence-electron chi connectivity index (χ1n) is 8.84. The number of thiophene rings is 1. The van der Waals surface area contributed by atoms with Gasteiger partial charge in [0.2, 0.25) is 5.91 Å². The van der Waals surface area contributed by atoms with Crippen molar-refractivity contribution in [2.24, 2.45) is 0 Å². The lowest BCUT2D eigenvalue weighted by Crippen LogP contribution is -2.30.